The minimum Gasteiger partial charge on any atom is -0.424 e. The zero-order valence-electron chi connectivity index (χ0n) is 10.9. The van der Waals surface area contributed by atoms with Crippen molar-refractivity contribution in [2.24, 2.45) is 5.92 Å². The Morgan fingerprint density at radius 2 is 2.37 bits per heavy atom. The molecule has 1 N–H and O–H groups in total. The van der Waals surface area contributed by atoms with Crippen LogP contribution in [0, 0.1) is 5.92 Å². The fourth-order valence-corrected chi connectivity index (χ4v) is 2.46. The summed E-state index contributed by atoms with van der Waals surface area (Å²) in [7, 11) is 0. The number of aromatic nitrogens is 1. The van der Waals surface area contributed by atoms with Crippen LogP contribution < -0.4 is 5.32 Å². The number of anilines is 1. The Morgan fingerprint density at radius 1 is 1.53 bits per heavy atom. The normalized spacial score (nSPS) is 19.0. The summed E-state index contributed by atoms with van der Waals surface area (Å²) in [5, 5.41) is 3.22. The number of amides is 1. The summed E-state index contributed by atoms with van der Waals surface area (Å²) in [5.41, 5.74) is 1.66. The lowest BCUT2D eigenvalue weighted by atomic mass is 10.1. The van der Waals surface area contributed by atoms with Gasteiger partial charge in [0.2, 0.25) is 5.91 Å². The summed E-state index contributed by atoms with van der Waals surface area (Å²) in [6.45, 7) is 4.09. The van der Waals surface area contributed by atoms with Gasteiger partial charge in [-0.1, -0.05) is 12.1 Å². The van der Waals surface area contributed by atoms with Crippen molar-refractivity contribution in [1.29, 1.82) is 0 Å². The van der Waals surface area contributed by atoms with Gasteiger partial charge in [-0.15, -0.1) is 0 Å². The van der Waals surface area contributed by atoms with E-state index >= 15 is 0 Å². The van der Waals surface area contributed by atoms with Gasteiger partial charge in [0.25, 0.3) is 6.01 Å². The highest BCUT2D eigenvalue weighted by atomic mass is 16.4. The number of nitrogens with zero attached hydrogens (tertiary/aromatic N) is 2. The van der Waals surface area contributed by atoms with E-state index in [0.29, 0.717) is 11.9 Å². The molecule has 0 saturated carbocycles. The number of benzene rings is 1. The molecule has 0 radical (unpaired) electrons. The molecule has 1 atom stereocenters. The molecule has 2 aromatic rings. The van der Waals surface area contributed by atoms with Crippen molar-refractivity contribution < 1.29 is 9.21 Å². The third kappa shape index (κ3) is 2.54. The molecule has 100 valence electrons. The number of nitrogens with one attached hydrogen (secondary N) is 1. The average Bonchev–Trinajstić information content (AvgIpc) is 3.02. The molecule has 1 aliphatic heterocycles. The van der Waals surface area contributed by atoms with Gasteiger partial charge in [-0.2, -0.15) is 4.98 Å². The first-order valence-electron chi connectivity index (χ1n) is 6.57. The lowest BCUT2D eigenvalue weighted by Gasteiger charge is -2.13. The fraction of sp³-hybridized carbons (Fsp3) is 0.429. The molecule has 0 bridgehead atoms. The Kier molecular flexibility index (Phi) is 3.11. The molecule has 5 nitrogen and oxygen atoms in total. The molecule has 1 aliphatic rings. The Labute approximate surface area is 111 Å². The van der Waals surface area contributed by atoms with Crippen molar-refractivity contribution >= 4 is 23.0 Å². The molecule has 1 saturated heterocycles. The van der Waals surface area contributed by atoms with Gasteiger partial charge in [-0.3, -0.25) is 4.79 Å². The lowest BCUT2D eigenvalue weighted by molar-refractivity contribution is -0.127. The molecule has 1 fully saturated rings. The van der Waals surface area contributed by atoms with E-state index in [1.165, 1.54) is 0 Å². The second kappa shape index (κ2) is 4.91. The van der Waals surface area contributed by atoms with E-state index < -0.39 is 0 Å². The van der Waals surface area contributed by atoms with Crippen molar-refractivity contribution in [2.75, 3.05) is 25.0 Å². The van der Waals surface area contributed by atoms with Crippen LogP contribution in [0.1, 0.15) is 13.3 Å². The maximum Gasteiger partial charge on any atom is 0.295 e. The van der Waals surface area contributed by atoms with Crippen LogP contribution in [-0.4, -0.2) is 35.4 Å². The predicted octanol–water partition coefficient (Wildman–Crippen LogP) is 2.11. The molecule has 5 heteroatoms. The summed E-state index contributed by atoms with van der Waals surface area (Å²) >= 11 is 0. The van der Waals surface area contributed by atoms with E-state index in [2.05, 4.69) is 10.3 Å². The summed E-state index contributed by atoms with van der Waals surface area (Å²) in [6, 6.07) is 8.26. The third-order valence-corrected chi connectivity index (χ3v) is 3.57. The summed E-state index contributed by atoms with van der Waals surface area (Å²) < 4.78 is 5.60. The summed E-state index contributed by atoms with van der Waals surface area (Å²) in [6.07, 6.45) is 1.03. The van der Waals surface area contributed by atoms with Gasteiger partial charge in [-0.05, 0) is 24.5 Å². The van der Waals surface area contributed by atoms with E-state index in [1.54, 1.807) is 6.92 Å². The maximum absolute atomic E-state index is 11.3. The standard InChI is InChI=1S/C14H17N3O2/c1-10(18)17-7-6-11(9-17)8-15-14-16-12-4-2-3-5-13(12)19-14/h2-5,11H,6-9H2,1H3,(H,15,16)/t11-/m1/s1. The molecular weight excluding hydrogens is 242 g/mol. The van der Waals surface area contributed by atoms with Crippen molar-refractivity contribution in [3.63, 3.8) is 0 Å². The van der Waals surface area contributed by atoms with Gasteiger partial charge in [0.05, 0.1) is 0 Å². The molecular formula is C14H17N3O2. The van der Waals surface area contributed by atoms with Crippen LogP contribution in [0.15, 0.2) is 28.7 Å². The van der Waals surface area contributed by atoms with Gasteiger partial charge in [0.15, 0.2) is 5.58 Å². The number of rotatable bonds is 3. The quantitative estimate of drug-likeness (QED) is 0.917. The van der Waals surface area contributed by atoms with Crippen LogP contribution in [-0.2, 0) is 4.79 Å². The fourth-order valence-electron chi connectivity index (χ4n) is 2.46. The molecule has 2 heterocycles. The average molecular weight is 259 g/mol. The zero-order valence-corrected chi connectivity index (χ0v) is 10.9. The number of oxazole rings is 1. The predicted molar refractivity (Wildman–Crippen MR) is 72.9 cm³/mol. The van der Waals surface area contributed by atoms with Crippen molar-refractivity contribution in [2.45, 2.75) is 13.3 Å². The van der Waals surface area contributed by atoms with E-state index in [1.807, 2.05) is 29.2 Å². The highest BCUT2D eigenvalue weighted by Crippen LogP contribution is 2.20. The van der Waals surface area contributed by atoms with Crippen LogP contribution in [0.3, 0.4) is 0 Å². The Bertz CT molecular complexity index is 560. The van der Waals surface area contributed by atoms with Crippen LogP contribution in [0.2, 0.25) is 0 Å². The topological polar surface area (TPSA) is 58.4 Å². The molecule has 0 aliphatic carbocycles. The lowest BCUT2D eigenvalue weighted by Crippen LogP contribution is -2.27. The van der Waals surface area contributed by atoms with Crippen LogP contribution >= 0.6 is 0 Å². The van der Waals surface area contributed by atoms with E-state index in [4.69, 9.17) is 4.42 Å². The first-order chi connectivity index (χ1) is 9.22. The second-order valence-electron chi connectivity index (χ2n) is 4.99. The number of para-hydroxylation sites is 2. The Balaban J connectivity index is 1.59. The number of hydrogen-bond acceptors (Lipinski definition) is 4. The van der Waals surface area contributed by atoms with Gasteiger partial charge in [0.1, 0.15) is 5.52 Å². The molecule has 1 aromatic heterocycles. The molecule has 1 amide bonds. The molecule has 0 unspecified atom stereocenters. The zero-order chi connectivity index (χ0) is 13.2. The molecule has 19 heavy (non-hydrogen) atoms. The minimum absolute atomic E-state index is 0.157. The number of hydrogen-bond donors (Lipinski definition) is 1. The van der Waals surface area contributed by atoms with E-state index in [-0.39, 0.29) is 5.91 Å². The number of carbonyl (C=O) groups is 1. The minimum atomic E-state index is 0.157. The van der Waals surface area contributed by atoms with Gasteiger partial charge in [0, 0.05) is 26.6 Å². The molecule has 0 spiro atoms. The highest BCUT2D eigenvalue weighted by molar-refractivity contribution is 5.74. The number of carbonyl (C=O) groups excluding carboxylic acids is 1. The first-order valence-corrected chi connectivity index (χ1v) is 6.57. The Hall–Kier alpha value is -2.04. The van der Waals surface area contributed by atoms with Gasteiger partial charge >= 0.3 is 0 Å². The summed E-state index contributed by atoms with van der Waals surface area (Å²) in [5.74, 6) is 0.628. The largest absolute Gasteiger partial charge is 0.424 e. The highest BCUT2D eigenvalue weighted by Gasteiger charge is 2.24. The van der Waals surface area contributed by atoms with Crippen LogP contribution in [0.25, 0.3) is 11.1 Å². The Morgan fingerprint density at radius 3 is 3.11 bits per heavy atom. The molecule has 3 rings (SSSR count). The monoisotopic (exact) mass is 259 g/mol. The number of likely N-dealkylation sites (tertiary alicyclic amines) is 1. The number of fused-ring (bicyclic) bond motifs is 1. The third-order valence-electron chi connectivity index (χ3n) is 3.57. The van der Waals surface area contributed by atoms with E-state index in [9.17, 15) is 4.79 Å². The van der Waals surface area contributed by atoms with Crippen LogP contribution in [0.4, 0.5) is 6.01 Å². The van der Waals surface area contributed by atoms with Crippen molar-refractivity contribution in [1.82, 2.24) is 9.88 Å². The summed E-state index contributed by atoms with van der Waals surface area (Å²) in [4.78, 5) is 17.5. The van der Waals surface area contributed by atoms with Crippen LogP contribution in [0.5, 0.6) is 0 Å². The van der Waals surface area contributed by atoms with Crippen molar-refractivity contribution in [3.8, 4) is 0 Å². The van der Waals surface area contributed by atoms with E-state index in [0.717, 1.165) is 37.2 Å². The van der Waals surface area contributed by atoms with Gasteiger partial charge in [-0.25, -0.2) is 0 Å². The smallest absolute Gasteiger partial charge is 0.295 e. The van der Waals surface area contributed by atoms with Gasteiger partial charge < -0.3 is 14.6 Å². The SMILES string of the molecule is CC(=O)N1CC[C@H](CNc2nc3ccccc3o2)C1. The maximum atomic E-state index is 11.3. The first kappa shape index (κ1) is 12.0. The van der Waals surface area contributed by atoms with Crippen molar-refractivity contribution in [3.05, 3.63) is 24.3 Å². The molecule has 1 aromatic carbocycles. The second-order valence-corrected chi connectivity index (χ2v) is 4.99.